The molecule has 1 atom stereocenters. The number of carbonyl (C=O) groups is 4. The maximum atomic E-state index is 12.2. The van der Waals surface area contributed by atoms with E-state index >= 15 is 0 Å². The number of Topliss-reactive ketones (excluding diaryl/α,β-unsaturated/α-hetero) is 1. The van der Waals surface area contributed by atoms with Gasteiger partial charge in [0.1, 0.15) is 18.4 Å². The van der Waals surface area contributed by atoms with Crippen molar-refractivity contribution in [1.29, 1.82) is 0 Å². The van der Waals surface area contributed by atoms with Crippen LogP contribution in [0.25, 0.3) is 0 Å². The van der Waals surface area contributed by atoms with Gasteiger partial charge in [-0.05, 0) is 38.0 Å². The number of nitrogens with one attached hydrogen (secondary N) is 2. The molecular weight excluding hydrogens is 348 g/mol. The quantitative estimate of drug-likeness (QED) is 0.611. The van der Waals surface area contributed by atoms with Gasteiger partial charge in [-0.3, -0.25) is 14.4 Å². The number of anilines is 1. The number of hydrogen-bond donors (Lipinski definition) is 2. The third-order valence-electron chi connectivity index (χ3n) is 3.78. The molecule has 1 aromatic rings. The van der Waals surface area contributed by atoms with Crippen LogP contribution < -0.4 is 10.6 Å². The number of ketones is 1. The van der Waals surface area contributed by atoms with Gasteiger partial charge in [0.15, 0.2) is 0 Å². The molecule has 0 spiro atoms. The lowest BCUT2D eigenvalue weighted by atomic mass is 10.1. The van der Waals surface area contributed by atoms with Gasteiger partial charge in [0.2, 0.25) is 11.8 Å². The van der Waals surface area contributed by atoms with Gasteiger partial charge in [0.05, 0.1) is 5.92 Å². The SMILES string of the molecule is CC(=O)CCCC(=O)N[C@@H](C)C(=O)Nc1ccc(COC(=O)C(C)C)cc1. The normalized spacial score (nSPS) is 11.6. The Balaban J connectivity index is 2.43. The smallest absolute Gasteiger partial charge is 0.308 e. The summed E-state index contributed by atoms with van der Waals surface area (Å²) in [5.41, 5.74) is 1.39. The van der Waals surface area contributed by atoms with Crippen LogP contribution in [0.1, 0.15) is 52.5 Å². The van der Waals surface area contributed by atoms with Crippen LogP contribution in [0.3, 0.4) is 0 Å². The molecule has 0 aliphatic carbocycles. The van der Waals surface area contributed by atoms with Crippen LogP contribution in [-0.2, 0) is 30.5 Å². The lowest BCUT2D eigenvalue weighted by molar-refractivity contribution is -0.148. The Morgan fingerprint density at radius 2 is 1.63 bits per heavy atom. The largest absolute Gasteiger partial charge is 0.461 e. The van der Waals surface area contributed by atoms with E-state index in [2.05, 4.69) is 10.6 Å². The van der Waals surface area contributed by atoms with E-state index in [4.69, 9.17) is 4.74 Å². The van der Waals surface area contributed by atoms with Crippen LogP contribution in [0.15, 0.2) is 24.3 Å². The Morgan fingerprint density at radius 3 is 2.19 bits per heavy atom. The summed E-state index contributed by atoms with van der Waals surface area (Å²) in [6.07, 6.45) is 1.03. The molecule has 1 rings (SSSR count). The van der Waals surface area contributed by atoms with E-state index in [0.717, 1.165) is 5.56 Å². The van der Waals surface area contributed by atoms with Gasteiger partial charge in [-0.15, -0.1) is 0 Å². The molecule has 0 bridgehead atoms. The van der Waals surface area contributed by atoms with Crippen LogP contribution >= 0.6 is 0 Å². The third kappa shape index (κ3) is 8.99. The minimum atomic E-state index is -0.693. The van der Waals surface area contributed by atoms with Crippen molar-refractivity contribution in [3.8, 4) is 0 Å². The number of benzene rings is 1. The maximum absolute atomic E-state index is 12.2. The zero-order chi connectivity index (χ0) is 20.4. The van der Waals surface area contributed by atoms with Crippen LogP contribution in [0.4, 0.5) is 5.69 Å². The summed E-state index contributed by atoms with van der Waals surface area (Å²) in [4.78, 5) is 46.2. The summed E-state index contributed by atoms with van der Waals surface area (Å²) in [5, 5.41) is 5.32. The molecule has 2 N–H and O–H groups in total. The fourth-order valence-corrected chi connectivity index (χ4v) is 2.13. The third-order valence-corrected chi connectivity index (χ3v) is 3.78. The van der Waals surface area contributed by atoms with E-state index in [0.29, 0.717) is 18.5 Å². The van der Waals surface area contributed by atoms with Crippen molar-refractivity contribution in [1.82, 2.24) is 5.32 Å². The number of esters is 1. The first-order chi connectivity index (χ1) is 12.7. The summed E-state index contributed by atoms with van der Waals surface area (Å²) in [6, 6.07) is 6.24. The average molecular weight is 376 g/mol. The predicted octanol–water partition coefficient (Wildman–Crippen LogP) is 2.59. The number of hydrogen-bond acceptors (Lipinski definition) is 5. The first-order valence-electron chi connectivity index (χ1n) is 9.04. The van der Waals surface area contributed by atoms with E-state index in [1.165, 1.54) is 6.92 Å². The van der Waals surface area contributed by atoms with E-state index in [9.17, 15) is 19.2 Å². The maximum Gasteiger partial charge on any atom is 0.308 e. The van der Waals surface area contributed by atoms with E-state index in [1.807, 2.05) is 0 Å². The number of amides is 2. The Kier molecular flexibility index (Phi) is 9.19. The molecule has 7 heteroatoms. The van der Waals surface area contributed by atoms with Gasteiger partial charge in [0.25, 0.3) is 0 Å². The van der Waals surface area contributed by atoms with Crippen LogP contribution in [-0.4, -0.2) is 29.6 Å². The van der Waals surface area contributed by atoms with Gasteiger partial charge < -0.3 is 20.2 Å². The average Bonchev–Trinajstić information content (AvgIpc) is 2.60. The number of ether oxygens (including phenoxy) is 1. The summed E-state index contributed by atoms with van der Waals surface area (Å²) < 4.78 is 5.14. The molecule has 0 fully saturated rings. The molecule has 0 aliphatic heterocycles. The van der Waals surface area contributed by atoms with Gasteiger partial charge in [-0.1, -0.05) is 26.0 Å². The van der Waals surface area contributed by atoms with Crippen LogP contribution in [0, 0.1) is 5.92 Å². The van der Waals surface area contributed by atoms with Crippen LogP contribution in [0.2, 0.25) is 0 Å². The highest BCUT2D eigenvalue weighted by atomic mass is 16.5. The highest BCUT2D eigenvalue weighted by Gasteiger charge is 2.16. The zero-order valence-corrected chi connectivity index (χ0v) is 16.3. The Hall–Kier alpha value is -2.70. The van der Waals surface area contributed by atoms with Crippen LogP contribution in [0.5, 0.6) is 0 Å². The second kappa shape index (κ2) is 11.1. The lowest BCUT2D eigenvalue weighted by Crippen LogP contribution is -2.41. The van der Waals surface area contributed by atoms with E-state index in [1.54, 1.807) is 45.0 Å². The standard InChI is InChI=1S/C20H28N2O5/c1-13(2)20(26)27-12-16-8-10-17(11-9-16)22-19(25)15(4)21-18(24)7-5-6-14(3)23/h8-11,13,15H,5-7,12H2,1-4H3,(H,21,24)(H,22,25)/t15-/m0/s1. The van der Waals surface area contributed by atoms with Crippen molar-refractivity contribution in [2.24, 2.45) is 5.92 Å². The molecule has 7 nitrogen and oxygen atoms in total. The molecule has 2 amide bonds. The first kappa shape index (κ1) is 22.3. The predicted molar refractivity (Wildman–Crippen MR) is 102 cm³/mol. The number of carbonyl (C=O) groups excluding carboxylic acids is 4. The van der Waals surface area contributed by atoms with Crippen molar-refractivity contribution in [3.63, 3.8) is 0 Å². The molecule has 0 saturated heterocycles. The molecule has 0 radical (unpaired) electrons. The van der Waals surface area contributed by atoms with Gasteiger partial charge in [0, 0.05) is 18.5 Å². The fourth-order valence-electron chi connectivity index (χ4n) is 2.13. The summed E-state index contributed by atoms with van der Waals surface area (Å²) in [7, 11) is 0. The monoisotopic (exact) mass is 376 g/mol. The highest BCUT2D eigenvalue weighted by Crippen LogP contribution is 2.12. The highest BCUT2D eigenvalue weighted by molar-refractivity contribution is 5.96. The minimum Gasteiger partial charge on any atom is -0.461 e. The topological polar surface area (TPSA) is 102 Å². The van der Waals surface area contributed by atoms with Crippen molar-refractivity contribution < 1.29 is 23.9 Å². The van der Waals surface area contributed by atoms with E-state index in [-0.39, 0.29) is 42.5 Å². The molecule has 0 heterocycles. The molecule has 0 unspecified atom stereocenters. The zero-order valence-electron chi connectivity index (χ0n) is 16.3. The van der Waals surface area contributed by atoms with Gasteiger partial charge in [-0.2, -0.15) is 0 Å². The molecule has 0 aliphatic rings. The summed E-state index contributed by atoms with van der Waals surface area (Å²) in [5.74, 6) is -1.01. The lowest BCUT2D eigenvalue weighted by Gasteiger charge is -2.14. The summed E-state index contributed by atoms with van der Waals surface area (Å²) in [6.45, 7) is 6.79. The van der Waals surface area contributed by atoms with Gasteiger partial charge in [-0.25, -0.2) is 0 Å². The molecule has 27 heavy (non-hydrogen) atoms. The van der Waals surface area contributed by atoms with Crippen molar-refractivity contribution in [3.05, 3.63) is 29.8 Å². The first-order valence-corrected chi connectivity index (χ1v) is 9.04. The second-order valence-electron chi connectivity index (χ2n) is 6.79. The Bertz CT molecular complexity index is 667. The van der Waals surface area contributed by atoms with Gasteiger partial charge >= 0.3 is 5.97 Å². The fraction of sp³-hybridized carbons (Fsp3) is 0.500. The summed E-state index contributed by atoms with van der Waals surface area (Å²) >= 11 is 0. The Morgan fingerprint density at radius 1 is 1.00 bits per heavy atom. The molecule has 0 aromatic heterocycles. The number of rotatable bonds is 10. The minimum absolute atomic E-state index is 0.0380. The molecular formula is C20H28N2O5. The van der Waals surface area contributed by atoms with Crippen molar-refractivity contribution in [2.45, 2.75) is 59.6 Å². The second-order valence-corrected chi connectivity index (χ2v) is 6.79. The van der Waals surface area contributed by atoms with E-state index < -0.39 is 6.04 Å². The van der Waals surface area contributed by atoms with Crippen molar-refractivity contribution >= 4 is 29.3 Å². The molecule has 1 aromatic carbocycles. The molecule has 148 valence electrons. The van der Waals surface area contributed by atoms with Crippen molar-refractivity contribution in [2.75, 3.05) is 5.32 Å². The Labute approximate surface area is 159 Å². The molecule has 0 saturated carbocycles.